The number of ether oxygens (including phenoxy) is 1. The van der Waals surface area contributed by atoms with Gasteiger partial charge in [0, 0.05) is 5.92 Å². The topological polar surface area (TPSA) is 69.7 Å². The summed E-state index contributed by atoms with van der Waals surface area (Å²) in [6.07, 6.45) is 5.55. The molecular formula is C19H30O5S. The number of rotatable bonds is 13. The van der Waals surface area contributed by atoms with Crippen LogP contribution in [0.25, 0.3) is 0 Å². The number of benzene rings is 1. The molecule has 0 aliphatic carbocycles. The highest BCUT2D eigenvalue weighted by atomic mass is 32.2. The molecule has 0 aliphatic rings. The lowest BCUT2D eigenvalue weighted by molar-refractivity contribution is -0.125. The van der Waals surface area contributed by atoms with Crippen molar-refractivity contribution in [2.75, 3.05) is 13.2 Å². The molecule has 0 N–H and O–H groups in total. The third-order valence-electron chi connectivity index (χ3n) is 4.05. The molecule has 0 bridgehead atoms. The van der Waals surface area contributed by atoms with E-state index in [-0.39, 0.29) is 16.6 Å². The molecule has 0 aromatic heterocycles. The summed E-state index contributed by atoms with van der Waals surface area (Å²) in [5.74, 6) is 0.351. The highest BCUT2D eigenvalue weighted by Gasteiger charge is 2.22. The molecule has 0 saturated heterocycles. The zero-order chi connectivity index (χ0) is 18.7. The summed E-state index contributed by atoms with van der Waals surface area (Å²) in [5.41, 5.74) is 0. The van der Waals surface area contributed by atoms with Crippen LogP contribution in [-0.2, 0) is 19.1 Å². The van der Waals surface area contributed by atoms with Gasteiger partial charge in [0.1, 0.15) is 12.4 Å². The van der Waals surface area contributed by atoms with Gasteiger partial charge in [0.05, 0.1) is 11.5 Å². The van der Waals surface area contributed by atoms with Gasteiger partial charge < -0.3 is 4.74 Å². The molecule has 25 heavy (non-hydrogen) atoms. The fourth-order valence-electron chi connectivity index (χ4n) is 2.56. The maximum Gasteiger partial charge on any atom is 0.297 e. The Labute approximate surface area is 151 Å². The lowest BCUT2D eigenvalue weighted by atomic mass is 9.92. The molecule has 0 aliphatic heterocycles. The van der Waals surface area contributed by atoms with Gasteiger partial charge in [-0.3, -0.25) is 8.98 Å². The average molecular weight is 371 g/mol. The summed E-state index contributed by atoms with van der Waals surface area (Å²) in [5, 5.41) is 0. The third-order valence-corrected chi connectivity index (χ3v) is 5.33. The van der Waals surface area contributed by atoms with E-state index in [2.05, 4.69) is 13.8 Å². The first-order valence-corrected chi connectivity index (χ1v) is 10.5. The van der Waals surface area contributed by atoms with E-state index in [9.17, 15) is 13.2 Å². The molecule has 0 amide bonds. The Kier molecular flexibility index (Phi) is 9.75. The van der Waals surface area contributed by atoms with Crippen molar-refractivity contribution in [1.29, 1.82) is 0 Å². The van der Waals surface area contributed by atoms with Crippen LogP contribution >= 0.6 is 0 Å². The predicted octanol–water partition coefficient (Wildman–Crippen LogP) is 4.36. The molecule has 0 saturated carbocycles. The Balaban J connectivity index is 2.67. The second-order valence-electron chi connectivity index (χ2n) is 6.07. The number of carbonyl (C=O) groups is 1. The van der Waals surface area contributed by atoms with Gasteiger partial charge in [0.15, 0.2) is 5.78 Å². The van der Waals surface area contributed by atoms with Gasteiger partial charge in [-0.05, 0) is 44.0 Å². The highest BCUT2D eigenvalue weighted by Crippen LogP contribution is 2.20. The van der Waals surface area contributed by atoms with E-state index in [4.69, 9.17) is 8.92 Å². The zero-order valence-electron chi connectivity index (χ0n) is 15.5. The monoisotopic (exact) mass is 370 g/mol. The molecule has 0 heterocycles. The predicted molar refractivity (Wildman–Crippen MR) is 98.3 cm³/mol. The largest absolute Gasteiger partial charge is 0.494 e. The van der Waals surface area contributed by atoms with Crippen LogP contribution in [0.4, 0.5) is 0 Å². The van der Waals surface area contributed by atoms with E-state index in [1.165, 1.54) is 12.1 Å². The van der Waals surface area contributed by atoms with E-state index in [0.717, 1.165) is 38.5 Å². The minimum absolute atomic E-state index is 0.0300. The summed E-state index contributed by atoms with van der Waals surface area (Å²) >= 11 is 0. The van der Waals surface area contributed by atoms with Crippen LogP contribution in [0.5, 0.6) is 5.75 Å². The minimum Gasteiger partial charge on any atom is -0.494 e. The van der Waals surface area contributed by atoms with Gasteiger partial charge in [-0.25, -0.2) is 0 Å². The molecule has 1 aromatic rings. The average Bonchev–Trinajstić information content (AvgIpc) is 2.61. The van der Waals surface area contributed by atoms with E-state index in [1.807, 2.05) is 6.92 Å². The van der Waals surface area contributed by atoms with Gasteiger partial charge >= 0.3 is 0 Å². The maximum absolute atomic E-state index is 12.4. The first-order chi connectivity index (χ1) is 11.9. The van der Waals surface area contributed by atoms with E-state index < -0.39 is 16.7 Å². The van der Waals surface area contributed by atoms with Crippen LogP contribution < -0.4 is 4.74 Å². The number of Topliss-reactive ketones (excluding diaryl/α,β-unsaturated/α-hetero) is 1. The van der Waals surface area contributed by atoms with Crippen LogP contribution in [0.2, 0.25) is 0 Å². The zero-order valence-corrected chi connectivity index (χ0v) is 16.3. The summed E-state index contributed by atoms with van der Waals surface area (Å²) in [7, 11) is -3.94. The second-order valence-corrected chi connectivity index (χ2v) is 7.68. The quantitative estimate of drug-likeness (QED) is 0.483. The SMILES string of the molecule is CCCCC(CCCC)C(=O)COS(=O)(=O)c1ccc(OCC)cc1. The van der Waals surface area contributed by atoms with Gasteiger partial charge in [-0.2, -0.15) is 8.42 Å². The van der Waals surface area contributed by atoms with E-state index in [1.54, 1.807) is 12.1 Å². The molecule has 1 aromatic carbocycles. The van der Waals surface area contributed by atoms with Crippen LogP contribution in [0.15, 0.2) is 29.2 Å². The highest BCUT2D eigenvalue weighted by molar-refractivity contribution is 7.86. The van der Waals surface area contributed by atoms with Crippen molar-refractivity contribution in [3.63, 3.8) is 0 Å². The van der Waals surface area contributed by atoms with Crippen molar-refractivity contribution in [2.45, 2.75) is 64.2 Å². The Hall–Kier alpha value is -1.40. The van der Waals surface area contributed by atoms with Crippen molar-refractivity contribution >= 4 is 15.9 Å². The molecule has 0 fully saturated rings. The normalized spacial score (nSPS) is 11.7. The lowest BCUT2D eigenvalue weighted by Gasteiger charge is -2.15. The Bertz CT molecular complexity index is 599. The van der Waals surface area contributed by atoms with Crippen molar-refractivity contribution < 1.29 is 22.1 Å². The van der Waals surface area contributed by atoms with Crippen LogP contribution in [-0.4, -0.2) is 27.4 Å². The van der Waals surface area contributed by atoms with Gasteiger partial charge in [0.25, 0.3) is 10.1 Å². The van der Waals surface area contributed by atoms with Crippen molar-refractivity contribution in [2.24, 2.45) is 5.92 Å². The molecular weight excluding hydrogens is 340 g/mol. The fraction of sp³-hybridized carbons (Fsp3) is 0.632. The third kappa shape index (κ3) is 7.57. The maximum atomic E-state index is 12.4. The van der Waals surface area contributed by atoms with E-state index >= 15 is 0 Å². The van der Waals surface area contributed by atoms with Crippen LogP contribution in [0.3, 0.4) is 0 Å². The number of carbonyl (C=O) groups excluding carboxylic acids is 1. The lowest BCUT2D eigenvalue weighted by Crippen LogP contribution is -2.22. The fourth-order valence-corrected chi connectivity index (χ4v) is 3.43. The molecule has 0 spiro atoms. The number of ketones is 1. The molecule has 6 heteroatoms. The molecule has 1 rings (SSSR count). The Morgan fingerprint density at radius 1 is 1.00 bits per heavy atom. The molecule has 5 nitrogen and oxygen atoms in total. The van der Waals surface area contributed by atoms with Crippen molar-refractivity contribution in [3.05, 3.63) is 24.3 Å². The molecule has 0 atom stereocenters. The first-order valence-electron chi connectivity index (χ1n) is 9.09. The Morgan fingerprint density at radius 3 is 2.04 bits per heavy atom. The first kappa shape index (κ1) is 21.6. The van der Waals surface area contributed by atoms with Crippen LogP contribution in [0, 0.1) is 5.92 Å². The summed E-state index contributed by atoms with van der Waals surface area (Å²) < 4.78 is 34.8. The standard InChI is InChI=1S/C19H30O5S/c1-4-7-9-16(10-8-5-2)19(20)15-24-25(21,22)18-13-11-17(12-14-18)23-6-3/h11-14,16H,4-10,15H2,1-3H3. The van der Waals surface area contributed by atoms with Crippen molar-refractivity contribution in [3.8, 4) is 5.75 Å². The van der Waals surface area contributed by atoms with Gasteiger partial charge in [-0.1, -0.05) is 39.5 Å². The second kappa shape index (κ2) is 11.3. The number of hydrogen-bond acceptors (Lipinski definition) is 5. The van der Waals surface area contributed by atoms with Crippen LogP contribution in [0.1, 0.15) is 59.3 Å². The molecule has 0 radical (unpaired) electrons. The van der Waals surface area contributed by atoms with Gasteiger partial charge in [-0.15, -0.1) is 0 Å². The summed E-state index contributed by atoms with van der Waals surface area (Å²) in [4.78, 5) is 12.4. The summed E-state index contributed by atoms with van der Waals surface area (Å²) in [6, 6.07) is 6.01. The Morgan fingerprint density at radius 2 is 1.56 bits per heavy atom. The minimum atomic E-state index is -3.94. The number of hydrogen-bond donors (Lipinski definition) is 0. The van der Waals surface area contributed by atoms with Gasteiger partial charge in [0.2, 0.25) is 0 Å². The molecule has 0 unspecified atom stereocenters. The molecule has 142 valence electrons. The smallest absolute Gasteiger partial charge is 0.297 e. The summed E-state index contributed by atoms with van der Waals surface area (Å²) in [6.45, 7) is 6.12. The van der Waals surface area contributed by atoms with E-state index in [0.29, 0.717) is 12.4 Å². The number of unbranched alkanes of at least 4 members (excludes halogenated alkanes) is 2. The van der Waals surface area contributed by atoms with Crippen molar-refractivity contribution in [1.82, 2.24) is 0 Å².